The van der Waals surface area contributed by atoms with Gasteiger partial charge in [0.25, 0.3) is 0 Å². The van der Waals surface area contributed by atoms with E-state index in [0.29, 0.717) is 18.7 Å². The summed E-state index contributed by atoms with van der Waals surface area (Å²) in [4.78, 5) is 0. The maximum Gasteiger partial charge on any atom is 0.0991 e. The molecular weight excluding hydrogens is 248 g/mol. The molecule has 0 radical (unpaired) electrons. The summed E-state index contributed by atoms with van der Waals surface area (Å²) in [5.41, 5.74) is 1.35. The average molecular weight is 266 g/mol. The van der Waals surface area contributed by atoms with Gasteiger partial charge in [0.2, 0.25) is 0 Å². The molecule has 4 nitrogen and oxygen atoms in total. The molecule has 1 aromatic carbocycles. The molecule has 3 atom stereocenters. The van der Waals surface area contributed by atoms with Crippen LogP contribution >= 0.6 is 0 Å². The normalized spacial score (nSPS) is 15.7. The first-order chi connectivity index (χ1) is 8.54. The van der Waals surface area contributed by atoms with Crippen molar-refractivity contribution in [3.8, 4) is 6.07 Å². The maximum absolute atomic E-state index is 11.1. The Bertz CT molecular complexity index is 439. The van der Waals surface area contributed by atoms with Gasteiger partial charge in [-0.3, -0.25) is 4.21 Å². The highest BCUT2D eigenvalue weighted by atomic mass is 32.2. The van der Waals surface area contributed by atoms with Crippen molar-refractivity contribution in [2.45, 2.75) is 18.3 Å². The van der Waals surface area contributed by atoms with Gasteiger partial charge in [0, 0.05) is 35.4 Å². The predicted molar refractivity (Wildman–Crippen MR) is 72.5 cm³/mol. The molecule has 0 aliphatic heterocycles. The van der Waals surface area contributed by atoms with E-state index in [1.807, 2.05) is 13.0 Å². The lowest BCUT2D eigenvalue weighted by atomic mass is 10.1. The molecule has 0 fully saturated rings. The molecular formula is C13H18N2O2S. The Hall–Kier alpha value is -1.22. The molecule has 0 saturated carbocycles. The molecule has 0 aliphatic carbocycles. The lowest BCUT2D eigenvalue weighted by Gasteiger charge is -2.14. The number of nitrogens with zero attached hydrogens (tertiary/aromatic N) is 1. The van der Waals surface area contributed by atoms with Crippen LogP contribution in [0.5, 0.6) is 0 Å². The number of nitrogens with one attached hydrogen (secondary N) is 1. The number of benzene rings is 1. The van der Waals surface area contributed by atoms with E-state index < -0.39 is 16.9 Å². The Balaban J connectivity index is 2.43. The molecule has 0 aliphatic rings. The van der Waals surface area contributed by atoms with Crippen LogP contribution in [0.25, 0.3) is 0 Å². The molecule has 0 heterocycles. The summed E-state index contributed by atoms with van der Waals surface area (Å²) in [6.45, 7) is 2.92. The van der Waals surface area contributed by atoms with Gasteiger partial charge < -0.3 is 10.4 Å². The second kappa shape index (κ2) is 7.27. The summed E-state index contributed by atoms with van der Waals surface area (Å²) in [7, 11) is -0.854. The van der Waals surface area contributed by atoms with Crippen LogP contribution < -0.4 is 5.32 Å². The quantitative estimate of drug-likeness (QED) is 0.804. The third-order valence-electron chi connectivity index (χ3n) is 2.76. The van der Waals surface area contributed by atoms with E-state index in [2.05, 4.69) is 5.32 Å². The molecule has 0 bridgehead atoms. The highest BCUT2D eigenvalue weighted by Gasteiger charge is 2.09. The summed E-state index contributed by atoms with van der Waals surface area (Å²) in [6.07, 6.45) is 1.05. The fourth-order valence-corrected chi connectivity index (χ4v) is 1.79. The second-order valence-electron chi connectivity index (χ2n) is 4.22. The Labute approximate surface area is 110 Å². The lowest BCUT2D eigenvalue weighted by Crippen LogP contribution is -2.30. The van der Waals surface area contributed by atoms with Gasteiger partial charge in [0.15, 0.2) is 0 Å². The first-order valence-electron chi connectivity index (χ1n) is 5.75. The molecule has 0 aromatic heterocycles. The summed E-state index contributed by atoms with van der Waals surface area (Å²) in [5.74, 6) is 0. The van der Waals surface area contributed by atoms with Crippen molar-refractivity contribution in [2.24, 2.45) is 0 Å². The van der Waals surface area contributed by atoms with Crippen molar-refractivity contribution in [3.63, 3.8) is 0 Å². The molecule has 98 valence electrons. The van der Waals surface area contributed by atoms with Crippen LogP contribution in [0.1, 0.15) is 24.2 Å². The monoisotopic (exact) mass is 266 g/mol. The lowest BCUT2D eigenvalue weighted by molar-refractivity contribution is 0.175. The minimum Gasteiger partial charge on any atom is -0.387 e. The van der Waals surface area contributed by atoms with Crippen molar-refractivity contribution < 1.29 is 9.32 Å². The van der Waals surface area contributed by atoms with E-state index in [9.17, 15) is 9.32 Å². The van der Waals surface area contributed by atoms with E-state index >= 15 is 0 Å². The van der Waals surface area contributed by atoms with Crippen LogP contribution in [0.15, 0.2) is 24.3 Å². The highest BCUT2D eigenvalue weighted by Crippen LogP contribution is 2.12. The zero-order valence-electron chi connectivity index (χ0n) is 10.6. The van der Waals surface area contributed by atoms with Gasteiger partial charge in [-0.25, -0.2) is 0 Å². The predicted octanol–water partition coefficient (Wildman–Crippen LogP) is 0.948. The number of aliphatic hydroxyl groups is 1. The minimum atomic E-state index is -0.854. The van der Waals surface area contributed by atoms with Crippen LogP contribution in [0.2, 0.25) is 0 Å². The van der Waals surface area contributed by atoms with Gasteiger partial charge in [0.05, 0.1) is 17.7 Å². The third kappa shape index (κ3) is 4.57. The summed E-state index contributed by atoms with van der Waals surface area (Å²) < 4.78 is 11.1. The van der Waals surface area contributed by atoms with Crippen molar-refractivity contribution in [1.29, 1.82) is 5.26 Å². The summed E-state index contributed by atoms with van der Waals surface area (Å²) in [6, 6.07) is 8.88. The Kier molecular flexibility index (Phi) is 5.99. The van der Waals surface area contributed by atoms with Gasteiger partial charge in [-0.05, 0) is 24.6 Å². The molecule has 5 heteroatoms. The van der Waals surface area contributed by atoms with Crippen LogP contribution in [-0.4, -0.2) is 33.9 Å². The zero-order chi connectivity index (χ0) is 13.5. The van der Waals surface area contributed by atoms with Gasteiger partial charge in [-0.2, -0.15) is 5.26 Å². The van der Waals surface area contributed by atoms with Gasteiger partial charge in [-0.15, -0.1) is 0 Å². The minimum absolute atomic E-state index is 0.0677. The maximum atomic E-state index is 11.1. The van der Waals surface area contributed by atoms with Gasteiger partial charge >= 0.3 is 0 Å². The molecule has 0 spiro atoms. The first kappa shape index (κ1) is 14.8. The molecule has 1 aromatic rings. The number of hydrogen-bond acceptors (Lipinski definition) is 4. The van der Waals surface area contributed by atoms with E-state index in [1.54, 1.807) is 30.5 Å². The van der Waals surface area contributed by atoms with Crippen LogP contribution in [-0.2, 0) is 10.8 Å². The number of nitriles is 1. The van der Waals surface area contributed by atoms with E-state index in [4.69, 9.17) is 5.26 Å². The van der Waals surface area contributed by atoms with Crippen molar-refractivity contribution in [1.82, 2.24) is 5.32 Å². The topological polar surface area (TPSA) is 73.1 Å². The summed E-state index contributed by atoms with van der Waals surface area (Å²) in [5, 5.41) is 21.7. The standard InChI is InChI=1S/C13H18N2O2S/c1-10(18(2)17)8-15-9-13(16)12-5-3-11(7-14)4-6-12/h3-6,10,13,15-16H,8-9H2,1-2H3. The fourth-order valence-electron chi connectivity index (χ4n) is 1.44. The molecule has 18 heavy (non-hydrogen) atoms. The molecule has 1 rings (SSSR count). The number of hydrogen-bond donors (Lipinski definition) is 2. The molecule has 3 unspecified atom stereocenters. The van der Waals surface area contributed by atoms with Crippen LogP contribution in [0.4, 0.5) is 0 Å². The average Bonchev–Trinajstić information content (AvgIpc) is 2.38. The number of aliphatic hydroxyl groups excluding tert-OH is 1. The first-order valence-corrected chi connectivity index (χ1v) is 7.37. The van der Waals surface area contributed by atoms with Crippen molar-refractivity contribution >= 4 is 10.8 Å². The molecule has 2 N–H and O–H groups in total. The third-order valence-corrected chi connectivity index (χ3v) is 4.06. The second-order valence-corrected chi connectivity index (χ2v) is 6.02. The Morgan fingerprint density at radius 3 is 2.50 bits per heavy atom. The SMILES string of the molecule is CC(CNCC(O)c1ccc(C#N)cc1)S(C)=O. The Morgan fingerprint density at radius 2 is 2.00 bits per heavy atom. The number of rotatable bonds is 6. The fraction of sp³-hybridized carbons (Fsp3) is 0.462. The highest BCUT2D eigenvalue weighted by molar-refractivity contribution is 7.84. The van der Waals surface area contributed by atoms with Crippen molar-refractivity contribution in [2.75, 3.05) is 19.3 Å². The van der Waals surface area contributed by atoms with Crippen LogP contribution in [0, 0.1) is 11.3 Å². The molecule has 0 amide bonds. The van der Waals surface area contributed by atoms with Crippen molar-refractivity contribution in [3.05, 3.63) is 35.4 Å². The van der Waals surface area contributed by atoms with Gasteiger partial charge in [0.1, 0.15) is 0 Å². The van der Waals surface area contributed by atoms with Gasteiger partial charge in [-0.1, -0.05) is 12.1 Å². The van der Waals surface area contributed by atoms with E-state index in [1.165, 1.54) is 0 Å². The van der Waals surface area contributed by atoms with E-state index in [0.717, 1.165) is 5.56 Å². The zero-order valence-corrected chi connectivity index (χ0v) is 11.4. The summed E-state index contributed by atoms with van der Waals surface area (Å²) >= 11 is 0. The smallest absolute Gasteiger partial charge is 0.0991 e. The molecule has 0 saturated heterocycles. The van der Waals surface area contributed by atoms with E-state index in [-0.39, 0.29) is 5.25 Å². The largest absolute Gasteiger partial charge is 0.387 e. The van der Waals surface area contributed by atoms with Crippen LogP contribution in [0.3, 0.4) is 0 Å². The Morgan fingerprint density at radius 1 is 1.39 bits per heavy atom.